The zero-order chi connectivity index (χ0) is 12.1. The van der Waals surface area contributed by atoms with Crippen LogP contribution < -0.4 is 5.32 Å². The van der Waals surface area contributed by atoms with Gasteiger partial charge in [0.15, 0.2) is 0 Å². The molecule has 0 bridgehead atoms. The predicted molar refractivity (Wildman–Crippen MR) is 53.5 cm³/mol. The van der Waals surface area contributed by atoms with Crippen molar-refractivity contribution in [2.75, 3.05) is 7.11 Å². The van der Waals surface area contributed by atoms with Gasteiger partial charge in [-0.25, -0.2) is 4.79 Å². The molecule has 0 saturated heterocycles. The fourth-order valence-corrected chi connectivity index (χ4v) is 1.26. The Kier molecular flexibility index (Phi) is 4.28. The van der Waals surface area contributed by atoms with Gasteiger partial charge >= 0.3 is 11.9 Å². The lowest BCUT2D eigenvalue weighted by atomic mass is 10.1. The molecule has 1 atom stereocenters. The lowest BCUT2D eigenvalue weighted by Crippen LogP contribution is -2.41. The zero-order valence-corrected chi connectivity index (χ0v) is 9.06. The van der Waals surface area contributed by atoms with E-state index in [1.54, 1.807) is 0 Å². The van der Waals surface area contributed by atoms with Crippen LogP contribution in [0.15, 0.2) is 0 Å². The molecular formula is C10H15NO5. The van der Waals surface area contributed by atoms with Gasteiger partial charge in [0.2, 0.25) is 5.91 Å². The molecule has 1 aliphatic carbocycles. The van der Waals surface area contributed by atoms with Crippen molar-refractivity contribution in [3.05, 3.63) is 0 Å². The van der Waals surface area contributed by atoms with Crippen LogP contribution in [0.5, 0.6) is 0 Å². The lowest BCUT2D eigenvalue weighted by molar-refractivity contribution is -0.144. The van der Waals surface area contributed by atoms with Gasteiger partial charge in [0.25, 0.3) is 0 Å². The minimum absolute atomic E-state index is 0.0155. The molecule has 1 amide bonds. The maximum Gasteiger partial charge on any atom is 0.326 e. The van der Waals surface area contributed by atoms with Crippen LogP contribution in [-0.4, -0.2) is 36.1 Å². The molecule has 0 aromatic heterocycles. The third kappa shape index (κ3) is 3.88. The Morgan fingerprint density at radius 1 is 1.44 bits per heavy atom. The highest BCUT2D eigenvalue weighted by Gasteiger charge is 2.32. The maximum absolute atomic E-state index is 11.3. The summed E-state index contributed by atoms with van der Waals surface area (Å²) >= 11 is 0. The first-order chi connectivity index (χ1) is 7.54. The SMILES string of the molecule is COC(=O)CC[C@@H](NC(=O)C1CC1)C(=O)O. The van der Waals surface area contributed by atoms with Crippen molar-refractivity contribution in [2.24, 2.45) is 5.92 Å². The highest BCUT2D eigenvalue weighted by atomic mass is 16.5. The van der Waals surface area contributed by atoms with Crippen LogP contribution in [0.3, 0.4) is 0 Å². The van der Waals surface area contributed by atoms with E-state index in [-0.39, 0.29) is 24.7 Å². The van der Waals surface area contributed by atoms with Crippen molar-refractivity contribution in [1.29, 1.82) is 0 Å². The molecule has 1 saturated carbocycles. The van der Waals surface area contributed by atoms with Crippen LogP contribution in [0.1, 0.15) is 25.7 Å². The average molecular weight is 229 g/mol. The van der Waals surface area contributed by atoms with Gasteiger partial charge in [0.1, 0.15) is 6.04 Å². The van der Waals surface area contributed by atoms with Gasteiger partial charge in [0.05, 0.1) is 7.11 Å². The maximum atomic E-state index is 11.3. The Labute approximate surface area is 93.0 Å². The highest BCUT2D eigenvalue weighted by Crippen LogP contribution is 2.29. The van der Waals surface area contributed by atoms with Gasteiger partial charge in [-0.15, -0.1) is 0 Å². The van der Waals surface area contributed by atoms with Crippen molar-refractivity contribution >= 4 is 17.8 Å². The van der Waals surface area contributed by atoms with Gasteiger partial charge in [0, 0.05) is 12.3 Å². The van der Waals surface area contributed by atoms with E-state index in [0.717, 1.165) is 12.8 Å². The second-order valence-corrected chi connectivity index (χ2v) is 3.79. The average Bonchev–Trinajstić information content (AvgIpc) is 3.06. The zero-order valence-electron chi connectivity index (χ0n) is 9.06. The molecule has 0 aromatic rings. The van der Waals surface area contributed by atoms with E-state index >= 15 is 0 Å². The fourth-order valence-electron chi connectivity index (χ4n) is 1.26. The molecule has 1 rings (SSSR count). The molecule has 16 heavy (non-hydrogen) atoms. The number of carboxylic acids is 1. The summed E-state index contributed by atoms with van der Waals surface area (Å²) in [5, 5.41) is 11.3. The van der Waals surface area contributed by atoms with Gasteiger partial charge < -0.3 is 15.2 Å². The molecule has 0 radical (unpaired) electrons. The largest absolute Gasteiger partial charge is 0.480 e. The number of aliphatic carboxylic acids is 1. The van der Waals surface area contributed by atoms with E-state index in [1.165, 1.54) is 7.11 Å². The number of hydrogen-bond donors (Lipinski definition) is 2. The molecule has 90 valence electrons. The number of nitrogens with one attached hydrogen (secondary N) is 1. The number of methoxy groups -OCH3 is 1. The summed E-state index contributed by atoms with van der Waals surface area (Å²) < 4.78 is 4.40. The van der Waals surface area contributed by atoms with Crippen LogP contribution in [0.25, 0.3) is 0 Å². The highest BCUT2D eigenvalue weighted by molar-refractivity contribution is 5.86. The van der Waals surface area contributed by atoms with Gasteiger partial charge in [-0.1, -0.05) is 0 Å². The molecule has 0 aromatic carbocycles. The smallest absolute Gasteiger partial charge is 0.326 e. The molecule has 1 fully saturated rings. The summed E-state index contributed by atoms with van der Waals surface area (Å²) in [6, 6.07) is -1.01. The van der Waals surface area contributed by atoms with Crippen molar-refractivity contribution in [3.8, 4) is 0 Å². The third-order valence-electron chi connectivity index (χ3n) is 2.43. The van der Waals surface area contributed by atoms with Crippen LogP contribution in [0.4, 0.5) is 0 Å². The van der Waals surface area contributed by atoms with E-state index in [2.05, 4.69) is 10.1 Å². The summed E-state index contributed by atoms with van der Waals surface area (Å²) in [5.74, 6) is -1.89. The van der Waals surface area contributed by atoms with Crippen LogP contribution in [0.2, 0.25) is 0 Å². The standard InChI is InChI=1S/C10H15NO5/c1-16-8(12)5-4-7(10(14)15)11-9(13)6-2-3-6/h6-7H,2-5H2,1H3,(H,11,13)(H,14,15)/t7-/m1/s1. The van der Waals surface area contributed by atoms with Crippen LogP contribution >= 0.6 is 0 Å². The molecule has 6 nitrogen and oxygen atoms in total. The number of carbonyl (C=O) groups excluding carboxylic acids is 2. The summed E-state index contributed by atoms with van der Waals surface area (Å²) in [7, 11) is 1.24. The van der Waals surface area contributed by atoms with Crippen LogP contribution in [-0.2, 0) is 19.1 Å². The first kappa shape index (κ1) is 12.5. The first-order valence-electron chi connectivity index (χ1n) is 5.14. The number of ether oxygens (including phenoxy) is 1. The topological polar surface area (TPSA) is 92.7 Å². The molecular weight excluding hydrogens is 214 g/mol. The number of hydrogen-bond acceptors (Lipinski definition) is 4. The van der Waals surface area contributed by atoms with Crippen molar-refractivity contribution in [2.45, 2.75) is 31.7 Å². The monoisotopic (exact) mass is 229 g/mol. The summed E-state index contributed by atoms with van der Waals surface area (Å²) in [6.45, 7) is 0. The van der Waals surface area contributed by atoms with Crippen molar-refractivity contribution < 1.29 is 24.2 Å². The summed E-state index contributed by atoms with van der Waals surface area (Å²) in [4.78, 5) is 33.0. The quantitative estimate of drug-likeness (QED) is 0.621. The normalized spacial score (nSPS) is 16.3. The number of esters is 1. The molecule has 6 heteroatoms. The number of carboxylic acid groups (broad SMARTS) is 1. The second kappa shape index (κ2) is 5.48. The van der Waals surface area contributed by atoms with Crippen LogP contribution in [0, 0.1) is 5.92 Å². The number of carbonyl (C=O) groups is 3. The van der Waals surface area contributed by atoms with Gasteiger partial charge in [-0.05, 0) is 19.3 Å². The minimum Gasteiger partial charge on any atom is -0.480 e. The van der Waals surface area contributed by atoms with E-state index in [9.17, 15) is 14.4 Å². The molecule has 0 aliphatic heterocycles. The Balaban J connectivity index is 2.37. The summed E-state index contributed by atoms with van der Waals surface area (Å²) in [5.41, 5.74) is 0. The second-order valence-electron chi connectivity index (χ2n) is 3.79. The number of amides is 1. The Bertz CT molecular complexity index is 298. The van der Waals surface area contributed by atoms with E-state index in [0.29, 0.717) is 0 Å². The summed E-state index contributed by atoms with van der Waals surface area (Å²) in [6.07, 6.45) is 1.67. The van der Waals surface area contributed by atoms with Crippen molar-refractivity contribution in [3.63, 3.8) is 0 Å². The Hall–Kier alpha value is -1.59. The van der Waals surface area contributed by atoms with E-state index < -0.39 is 18.0 Å². The van der Waals surface area contributed by atoms with Gasteiger partial charge in [-0.2, -0.15) is 0 Å². The Morgan fingerprint density at radius 2 is 2.06 bits per heavy atom. The number of rotatable bonds is 6. The van der Waals surface area contributed by atoms with Gasteiger partial charge in [-0.3, -0.25) is 9.59 Å². The molecule has 1 aliphatic rings. The molecule has 0 spiro atoms. The Morgan fingerprint density at radius 3 is 2.50 bits per heavy atom. The third-order valence-corrected chi connectivity index (χ3v) is 2.43. The molecule has 0 unspecified atom stereocenters. The van der Waals surface area contributed by atoms with Crippen molar-refractivity contribution in [1.82, 2.24) is 5.32 Å². The van der Waals surface area contributed by atoms with E-state index in [4.69, 9.17) is 5.11 Å². The predicted octanol–water partition coefficient (Wildman–Crippen LogP) is -0.0810. The molecule has 0 heterocycles. The molecule has 2 N–H and O–H groups in total. The lowest BCUT2D eigenvalue weighted by Gasteiger charge is -2.13. The first-order valence-corrected chi connectivity index (χ1v) is 5.14. The van der Waals surface area contributed by atoms with E-state index in [1.807, 2.05) is 0 Å². The fraction of sp³-hybridized carbons (Fsp3) is 0.700. The minimum atomic E-state index is -1.13.